The first-order valence-electron chi connectivity index (χ1n) is 10.4. The monoisotopic (exact) mass is 475 g/mol. The molecule has 3 aromatic rings. The van der Waals surface area contributed by atoms with Crippen molar-refractivity contribution < 1.29 is 18.4 Å². The number of carbonyl (C=O) groups is 2. The van der Waals surface area contributed by atoms with E-state index in [-0.39, 0.29) is 17.9 Å². The summed E-state index contributed by atoms with van der Waals surface area (Å²) in [4.78, 5) is 30.9. The number of carbonyl (C=O) groups excluding carboxylic acids is 2. The Morgan fingerprint density at radius 3 is 2.62 bits per heavy atom. The van der Waals surface area contributed by atoms with Crippen LogP contribution in [0.15, 0.2) is 45.4 Å². The number of nitrogens with zero attached hydrogens (tertiary/aromatic N) is 2. The number of rotatable bonds is 6. The predicted molar refractivity (Wildman–Crippen MR) is 121 cm³/mol. The maximum absolute atomic E-state index is 12.6. The Morgan fingerprint density at radius 1 is 1.16 bits per heavy atom. The van der Waals surface area contributed by atoms with Crippen LogP contribution in [0.4, 0.5) is 0 Å². The summed E-state index contributed by atoms with van der Waals surface area (Å²) < 4.78 is 11.1. The van der Waals surface area contributed by atoms with Crippen molar-refractivity contribution in [2.45, 2.75) is 38.6 Å². The molecule has 3 heterocycles. The maximum atomic E-state index is 12.6. The Hall–Kier alpha value is -2.77. The second kappa shape index (κ2) is 9.79. The van der Waals surface area contributed by atoms with Crippen LogP contribution >= 0.6 is 23.2 Å². The largest absolute Gasteiger partial charge is 0.456 e. The highest BCUT2D eigenvalue weighted by molar-refractivity contribution is 6.36. The first-order chi connectivity index (χ1) is 15.4. The molecule has 0 aliphatic carbocycles. The number of piperidine rings is 1. The average molecular weight is 476 g/mol. The lowest BCUT2D eigenvalue weighted by Gasteiger charge is -2.32. The lowest BCUT2D eigenvalue weighted by Crippen LogP contribution is -2.46. The zero-order valence-electron chi connectivity index (χ0n) is 17.6. The highest BCUT2D eigenvalue weighted by Gasteiger charge is 2.25. The summed E-state index contributed by atoms with van der Waals surface area (Å²) >= 11 is 12.2. The van der Waals surface area contributed by atoms with Gasteiger partial charge in [-0.15, -0.1) is 0 Å². The van der Waals surface area contributed by atoms with E-state index in [0.29, 0.717) is 77.6 Å². The minimum absolute atomic E-state index is 0.0235. The zero-order valence-corrected chi connectivity index (χ0v) is 19.1. The molecule has 1 aromatic carbocycles. The van der Waals surface area contributed by atoms with Crippen molar-refractivity contribution in [3.05, 3.63) is 64.0 Å². The normalized spacial score (nSPS) is 14.5. The third-order valence-corrected chi connectivity index (χ3v) is 6.00. The van der Waals surface area contributed by atoms with E-state index in [9.17, 15) is 9.59 Å². The molecule has 1 aliphatic heterocycles. The van der Waals surface area contributed by atoms with Crippen LogP contribution in [0, 0.1) is 6.92 Å². The number of likely N-dealkylation sites (tertiary alicyclic amines) is 1. The molecule has 2 amide bonds. The fourth-order valence-corrected chi connectivity index (χ4v) is 4.20. The molecular formula is C23H23Cl2N3O4. The topological polar surface area (TPSA) is 88.6 Å². The van der Waals surface area contributed by atoms with Crippen molar-refractivity contribution in [3.63, 3.8) is 0 Å². The number of furan rings is 1. The van der Waals surface area contributed by atoms with Crippen molar-refractivity contribution in [3.8, 4) is 11.3 Å². The van der Waals surface area contributed by atoms with Crippen molar-refractivity contribution in [1.29, 1.82) is 0 Å². The smallest absolute Gasteiger partial charge is 0.287 e. The third-order valence-electron chi connectivity index (χ3n) is 5.45. The van der Waals surface area contributed by atoms with Crippen LogP contribution in [0.1, 0.15) is 41.5 Å². The summed E-state index contributed by atoms with van der Waals surface area (Å²) in [6.45, 7) is 2.99. The van der Waals surface area contributed by atoms with Gasteiger partial charge in [0.1, 0.15) is 5.76 Å². The van der Waals surface area contributed by atoms with Gasteiger partial charge >= 0.3 is 0 Å². The van der Waals surface area contributed by atoms with Gasteiger partial charge in [-0.1, -0.05) is 23.2 Å². The van der Waals surface area contributed by atoms with E-state index in [1.165, 1.54) is 0 Å². The summed E-state index contributed by atoms with van der Waals surface area (Å²) in [5.41, 5.74) is 0.704. The quantitative estimate of drug-likeness (QED) is 0.547. The molecule has 1 N–H and O–H groups in total. The van der Waals surface area contributed by atoms with Gasteiger partial charge in [-0.3, -0.25) is 9.59 Å². The Labute approximate surface area is 195 Å². The fraction of sp³-hybridized carbons (Fsp3) is 0.348. The molecule has 1 fully saturated rings. The molecule has 168 valence electrons. The number of oxazole rings is 1. The number of halogens is 2. The van der Waals surface area contributed by atoms with Gasteiger partial charge in [-0.05, 0) is 50.1 Å². The molecule has 0 bridgehead atoms. The molecule has 0 spiro atoms. The SMILES string of the molecule is Cc1ccc(C(=O)NC2CCN(C(=O)CCc3ncc(-c4ccc(Cl)cc4Cl)o3)CC2)o1. The summed E-state index contributed by atoms with van der Waals surface area (Å²) in [6, 6.07) is 8.60. The van der Waals surface area contributed by atoms with Crippen molar-refractivity contribution in [2.75, 3.05) is 13.1 Å². The molecule has 0 atom stereocenters. The lowest BCUT2D eigenvalue weighted by molar-refractivity contribution is -0.132. The van der Waals surface area contributed by atoms with Crippen LogP contribution in [-0.4, -0.2) is 40.8 Å². The third kappa shape index (κ3) is 5.34. The van der Waals surface area contributed by atoms with E-state index in [4.69, 9.17) is 32.0 Å². The molecule has 4 rings (SSSR count). The van der Waals surface area contributed by atoms with E-state index in [2.05, 4.69) is 10.3 Å². The minimum Gasteiger partial charge on any atom is -0.456 e. The average Bonchev–Trinajstić information content (AvgIpc) is 3.42. The number of aromatic nitrogens is 1. The number of aryl methyl sites for hydroxylation is 2. The van der Waals surface area contributed by atoms with E-state index in [0.717, 1.165) is 0 Å². The standard InChI is InChI=1S/C23H23Cl2N3O4/c1-14-2-5-19(31-14)23(30)27-16-8-10-28(11-9-16)22(29)7-6-21-26-13-20(32-21)17-4-3-15(24)12-18(17)25/h2-5,12-13,16H,6-11H2,1H3,(H,27,30). The van der Waals surface area contributed by atoms with Crippen LogP contribution in [-0.2, 0) is 11.2 Å². The summed E-state index contributed by atoms with van der Waals surface area (Å²) in [5, 5.41) is 4.00. The molecule has 0 saturated carbocycles. The van der Waals surface area contributed by atoms with Crippen LogP contribution < -0.4 is 5.32 Å². The number of nitrogens with one attached hydrogen (secondary N) is 1. The molecule has 0 radical (unpaired) electrons. The summed E-state index contributed by atoms with van der Waals surface area (Å²) in [5.74, 6) is 1.85. The number of hydrogen-bond donors (Lipinski definition) is 1. The van der Waals surface area contributed by atoms with Gasteiger partial charge in [0.15, 0.2) is 17.4 Å². The second-order valence-electron chi connectivity index (χ2n) is 7.78. The molecule has 1 saturated heterocycles. The lowest BCUT2D eigenvalue weighted by atomic mass is 10.0. The predicted octanol–water partition coefficient (Wildman–Crippen LogP) is 4.90. The van der Waals surface area contributed by atoms with E-state index in [1.54, 1.807) is 43.5 Å². The molecule has 32 heavy (non-hydrogen) atoms. The Balaban J connectivity index is 1.24. The van der Waals surface area contributed by atoms with Gasteiger partial charge in [0.2, 0.25) is 5.91 Å². The van der Waals surface area contributed by atoms with Gasteiger partial charge in [-0.25, -0.2) is 4.98 Å². The molecule has 2 aromatic heterocycles. The first kappa shape index (κ1) is 22.4. The molecule has 7 nitrogen and oxygen atoms in total. The van der Waals surface area contributed by atoms with Crippen LogP contribution in [0.2, 0.25) is 10.0 Å². The Kier molecular flexibility index (Phi) is 6.86. The van der Waals surface area contributed by atoms with Gasteiger partial charge in [0.05, 0.1) is 11.2 Å². The highest BCUT2D eigenvalue weighted by atomic mass is 35.5. The molecule has 0 unspecified atom stereocenters. The van der Waals surface area contributed by atoms with E-state index < -0.39 is 0 Å². The van der Waals surface area contributed by atoms with Gasteiger partial charge in [0, 0.05) is 42.6 Å². The minimum atomic E-state index is -0.219. The fourth-order valence-electron chi connectivity index (χ4n) is 3.70. The van der Waals surface area contributed by atoms with Crippen LogP contribution in [0.25, 0.3) is 11.3 Å². The van der Waals surface area contributed by atoms with Crippen molar-refractivity contribution in [2.24, 2.45) is 0 Å². The highest BCUT2D eigenvalue weighted by Crippen LogP contribution is 2.31. The van der Waals surface area contributed by atoms with Crippen LogP contribution in [0.5, 0.6) is 0 Å². The van der Waals surface area contributed by atoms with Gasteiger partial charge in [-0.2, -0.15) is 0 Å². The van der Waals surface area contributed by atoms with E-state index >= 15 is 0 Å². The second-order valence-corrected chi connectivity index (χ2v) is 8.62. The van der Waals surface area contributed by atoms with Gasteiger partial charge < -0.3 is 19.1 Å². The molecular weight excluding hydrogens is 453 g/mol. The number of benzene rings is 1. The van der Waals surface area contributed by atoms with Crippen molar-refractivity contribution >= 4 is 35.0 Å². The zero-order chi connectivity index (χ0) is 22.7. The van der Waals surface area contributed by atoms with Crippen LogP contribution in [0.3, 0.4) is 0 Å². The first-order valence-corrected chi connectivity index (χ1v) is 11.2. The summed E-state index contributed by atoms with van der Waals surface area (Å²) in [7, 11) is 0. The Morgan fingerprint density at radius 2 is 1.94 bits per heavy atom. The molecule has 9 heteroatoms. The Bertz CT molecular complexity index is 1120. The molecule has 1 aliphatic rings. The van der Waals surface area contributed by atoms with E-state index in [1.807, 2.05) is 4.90 Å². The number of hydrogen-bond acceptors (Lipinski definition) is 5. The van der Waals surface area contributed by atoms with Gasteiger partial charge in [0.25, 0.3) is 5.91 Å². The number of amides is 2. The van der Waals surface area contributed by atoms with Crippen molar-refractivity contribution in [1.82, 2.24) is 15.2 Å². The maximum Gasteiger partial charge on any atom is 0.287 e. The summed E-state index contributed by atoms with van der Waals surface area (Å²) in [6.07, 6.45) is 3.71.